The molecule has 30 heavy (non-hydrogen) atoms. The Kier molecular flexibility index (Phi) is 6.97. The summed E-state index contributed by atoms with van der Waals surface area (Å²) in [7, 11) is 0. The van der Waals surface area contributed by atoms with Crippen LogP contribution in [0.1, 0.15) is 38.2 Å². The summed E-state index contributed by atoms with van der Waals surface area (Å²) in [6, 6.07) is 13.1. The Bertz CT molecular complexity index is 1020. The van der Waals surface area contributed by atoms with Gasteiger partial charge in [-0.25, -0.2) is 4.39 Å². The summed E-state index contributed by atoms with van der Waals surface area (Å²) in [5.74, 6) is -0.500. The first-order valence-corrected chi connectivity index (χ1v) is 10.0. The molecule has 2 aromatic carbocycles. The largest absolute Gasteiger partial charge is 0.494 e. The number of halogens is 1. The van der Waals surface area contributed by atoms with Crippen LogP contribution >= 0.6 is 11.5 Å². The normalized spacial score (nSPS) is 10.5. The van der Waals surface area contributed by atoms with E-state index >= 15 is 0 Å². The number of aromatic nitrogens is 1. The van der Waals surface area contributed by atoms with Gasteiger partial charge in [-0.15, -0.1) is 0 Å². The van der Waals surface area contributed by atoms with Gasteiger partial charge in [0.15, 0.2) is 5.69 Å². The number of rotatable bonds is 8. The zero-order valence-corrected chi connectivity index (χ0v) is 17.1. The maximum absolute atomic E-state index is 12.9. The number of nitrogen functional groups attached to an aromatic ring is 1. The molecule has 4 N–H and O–H groups in total. The number of amides is 2. The van der Waals surface area contributed by atoms with E-state index < -0.39 is 11.8 Å². The van der Waals surface area contributed by atoms with Crippen LogP contribution in [0.4, 0.5) is 10.1 Å². The lowest BCUT2D eigenvalue weighted by atomic mass is 10.2. The highest BCUT2D eigenvalue weighted by Crippen LogP contribution is 2.22. The topological polar surface area (TPSA) is 106 Å². The summed E-state index contributed by atoms with van der Waals surface area (Å²) >= 11 is 0.863. The van der Waals surface area contributed by atoms with Gasteiger partial charge in [0.1, 0.15) is 16.4 Å². The first-order chi connectivity index (χ1) is 14.5. The molecule has 0 aliphatic rings. The Hall–Kier alpha value is -3.46. The number of carbonyl (C=O) groups is 2. The predicted octanol–water partition coefficient (Wildman–Crippen LogP) is 3.12. The van der Waals surface area contributed by atoms with E-state index in [4.69, 9.17) is 10.5 Å². The fraction of sp³-hybridized carbons (Fsp3) is 0.190. The van der Waals surface area contributed by atoms with Crippen molar-refractivity contribution in [2.24, 2.45) is 0 Å². The van der Waals surface area contributed by atoms with Crippen molar-refractivity contribution < 1.29 is 18.7 Å². The maximum atomic E-state index is 12.9. The third kappa shape index (κ3) is 5.32. The highest BCUT2D eigenvalue weighted by Gasteiger charge is 2.21. The molecule has 0 unspecified atom stereocenters. The molecular weight excluding hydrogens is 407 g/mol. The van der Waals surface area contributed by atoms with Gasteiger partial charge in [0.05, 0.1) is 12.3 Å². The smallest absolute Gasteiger partial charge is 0.273 e. The molecule has 156 valence electrons. The molecule has 0 fully saturated rings. The van der Waals surface area contributed by atoms with Crippen molar-refractivity contribution in [1.29, 1.82) is 0 Å². The average Bonchev–Trinajstić information content (AvgIpc) is 3.14. The zero-order valence-electron chi connectivity index (χ0n) is 16.3. The van der Waals surface area contributed by atoms with Crippen LogP contribution in [0, 0.1) is 5.82 Å². The van der Waals surface area contributed by atoms with E-state index in [1.165, 1.54) is 12.1 Å². The summed E-state index contributed by atoms with van der Waals surface area (Å²) < 4.78 is 22.3. The number of benzene rings is 2. The van der Waals surface area contributed by atoms with Gasteiger partial charge in [-0.1, -0.05) is 24.3 Å². The van der Waals surface area contributed by atoms with Crippen LogP contribution in [0.15, 0.2) is 48.5 Å². The molecule has 0 saturated carbocycles. The monoisotopic (exact) mass is 428 g/mol. The summed E-state index contributed by atoms with van der Waals surface area (Å²) in [5, 5.41) is 5.43. The Morgan fingerprint density at radius 2 is 1.57 bits per heavy atom. The fourth-order valence-corrected chi connectivity index (χ4v) is 3.34. The molecule has 0 aliphatic heterocycles. The van der Waals surface area contributed by atoms with Crippen LogP contribution in [0.25, 0.3) is 0 Å². The van der Waals surface area contributed by atoms with E-state index in [-0.39, 0.29) is 28.6 Å². The summed E-state index contributed by atoms with van der Waals surface area (Å²) in [6.07, 6.45) is 0. The second-order valence-electron chi connectivity index (χ2n) is 6.34. The number of nitrogens with one attached hydrogen (secondary N) is 2. The van der Waals surface area contributed by atoms with E-state index in [0.717, 1.165) is 28.4 Å². The van der Waals surface area contributed by atoms with Gasteiger partial charge < -0.3 is 21.1 Å². The standard InChI is InChI=1S/C21H21FN4O3S/c1-2-29-16-9-5-14(6-10-16)12-25-21(28)19-17(23)18(26-30-19)20(27)24-11-13-3-7-15(22)8-4-13/h3-10H,2,11-12,23H2,1H3,(H,24,27)(H,25,28). The minimum Gasteiger partial charge on any atom is -0.494 e. The molecule has 2 amide bonds. The average molecular weight is 428 g/mol. The molecule has 3 rings (SSSR count). The zero-order chi connectivity index (χ0) is 21.5. The van der Waals surface area contributed by atoms with Gasteiger partial charge in [0.25, 0.3) is 11.8 Å². The second-order valence-corrected chi connectivity index (χ2v) is 7.12. The number of carbonyl (C=O) groups excluding carboxylic acids is 2. The van der Waals surface area contributed by atoms with Crippen molar-refractivity contribution in [3.8, 4) is 5.75 Å². The minimum absolute atomic E-state index is 0.00618. The van der Waals surface area contributed by atoms with Crippen LogP contribution in [0.5, 0.6) is 5.75 Å². The third-order valence-electron chi connectivity index (χ3n) is 4.20. The van der Waals surface area contributed by atoms with Gasteiger partial charge in [0, 0.05) is 13.1 Å². The molecule has 0 atom stereocenters. The highest BCUT2D eigenvalue weighted by molar-refractivity contribution is 7.09. The van der Waals surface area contributed by atoms with Crippen molar-refractivity contribution >= 4 is 29.0 Å². The lowest BCUT2D eigenvalue weighted by Crippen LogP contribution is -2.25. The number of anilines is 1. The van der Waals surface area contributed by atoms with Crippen molar-refractivity contribution in [2.45, 2.75) is 20.0 Å². The molecule has 1 heterocycles. The molecule has 1 aromatic heterocycles. The number of nitrogens with zero attached hydrogens (tertiary/aromatic N) is 1. The van der Waals surface area contributed by atoms with Crippen molar-refractivity contribution in [3.05, 3.63) is 76.0 Å². The van der Waals surface area contributed by atoms with Gasteiger partial charge in [-0.2, -0.15) is 4.37 Å². The van der Waals surface area contributed by atoms with E-state index in [1.807, 2.05) is 31.2 Å². The summed E-state index contributed by atoms with van der Waals surface area (Å²) in [4.78, 5) is 25.0. The quantitative estimate of drug-likeness (QED) is 0.511. The van der Waals surface area contributed by atoms with Crippen LogP contribution in [-0.2, 0) is 13.1 Å². The van der Waals surface area contributed by atoms with E-state index in [1.54, 1.807) is 12.1 Å². The Morgan fingerprint density at radius 1 is 1.00 bits per heavy atom. The molecule has 3 aromatic rings. The molecule has 0 saturated heterocycles. The highest BCUT2D eigenvalue weighted by atomic mass is 32.1. The number of nitrogens with two attached hydrogens (primary N) is 1. The summed E-state index contributed by atoms with van der Waals surface area (Å²) in [5.41, 5.74) is 7.62. The molecule has 0 radical (unpaired) electrons. The molecule has 9 heteroatoms. The lowest BCUT2D eigenvalue weighted by molar-refractivity contribution is 0.0946. The number of hydrogen-bond donors (Lipinski definition) is 3. The van der Waals surface area contributed by atoms with Crippen molar-refractivity contribution in [2.75, 3.05) is 12.3 Å². The van der Waals surface area contributed by atoms with Gasteiger partial charge >= 0.3 is 0 Å². The van der Waals surface area contributed by atoms with Crippen LogP contribution in [-0.4, -0.2) is 22.8 Å². The predicted molar refractivity (Wildman–Crippen MR) is 113 cm³/mol. The second kappa shape index (κ2) is 9.84. The number of ether oxygens (including phenoxy) is 1. The third-order valence-corrected chi connectivity index (χ3v) is 5.06. The van der Waals surface area contributed by atoms with Gasteiger partial charge in [-0.3, -0.25) is 9.59 Å². The molecule has 0 aliphatic carbocycles. The van der Waals surface area contributed by atoms with E-state index in [0.29, 0.717) is 13.2 Å². The van der Waals surface area contributed by atoms with Crippen LogP contribution in [0.3, 0.4) is 0 Å². The molecule has 0 spiro atoms. The summed E-state index contributed by atoms with van der Waals surface area (Å²) in [6.45, 7) is 2.98. The van der Waals surface area contributed by atoms with Crippen LogP contribution < -0.4 is 21.1 Å². The molecule has 7 nitrogen and oxygen atoms in total. The van der Waals surface area contributed by atoms with Crippen LogP contribution in [0.2, 0.25) is 0 Å². The Balaban J connectivity index is 1.57. The fourth-order valence-electron chi connectivity index (χ4n) is 2.63. The molecular formula is C21H21FN4O3S. The lowest BCUT2D eigenvalue weighted by Gasteiger charge is -2.07. The minimum atomic E-state index is -0.501. The van der Waals surface area contributed by atoms with E-state index in [2.05, 4.69) is 15.0 Å². The SMILES string of the molecule is CCOc1ccc(CNC(=O)c2snc(C(=O)NCc3ccc(F)cc3)c2N)cc1. The molecule has 0 bridgehead atoms. The van der Waals surface area contributed by atoms with Gasteiger partial charge in [0.2, 0.25) is 0 Å². The van der Waals surface area contributed by atoms with E-state index in [9.17, 15) is 14.0 Å². The van der Waals surface area contributed by atoms with Crippen molar-refractivity contribution in [3.63, 3.8) is 0 Å². The maximum Gasteiger partial charge on any atom is 0.273 e. The van der Waals surface area contributed by atoms with Crippen molar-refractivity contribution in [1.82, 2.24) is 15.0 Å². The Labute approximate surface area is 177 Å². The van der Waals surface area contributed by atoms with Gasteiger partial charge in [-0.05, 0) is 53.8 Å². The first kappa shape index (κ1) is 21.3. The number of hydrogen-bond acceptors (Lipinski definition) is 6. The first-order valence-electron chi connectivity index (χ1n) is 9.25. The Morgan fingerprint density at radius 3 is 2.17 bits per heavy atom.